The highest BCUT2D eigenvalue weighted by atomic mass is 32.2. The smallest absolute Gasteiger partial charge is 0.318 e. The van der Waals surface area contributed by atoms with Crippen LogP contribution in [0.5, 0.6) is 0 Å². The molecule has 9 heteroatoms. The van der Waals surface area contributed by atoms with Gasteiger partial charge in [0.1, 0.15) is 4.21 Å². The van der Waals surface area contributed by atoms with Crippen molar-refractivity contribution in [3.63, 3.8) is 0 Å². The van der Waals surface area contributed by atoms with E-state index in [2.05, 4.69) is 10.2 Å². The van der Waals surface area contributed by atoms with Crippen LogP contribution in [0, 0.1) is 6.92 Å². The van der Waals surface area contributed by atoms with E-state index in [4.69, 9.17) is 4.42 Å². The van der Waals surface area contributed by atoms with E-state index in [-0.39, 0.29) is 0 Å². The summed E-state index contributed by atoms with van der Waals surface area (Å²) in [4.78, 5) is 1.90. The number of nitrogens with zero attached hydrogens (tertiary/aromatic N) is 4. The highest BCUT2D eigenvalue weighted by molar-refractivity contribution is 7.91. The van der Waals surface area contributed by atoms with Crippen LogP contribution in [0.4, 0.5) is 6.01 Å². The Morgan fingerprint density at radius 1 is 1.25 bits per heavy atom. The number of hydrogen-bond donors (Lipinski definition) is 0. The molecule has 0 saturated carbocycles. The molecule has 1 aliphatic rings. The summed E-state index contributed by atoms with van der Waals surface area (Å²) in [5.74, 6) is 0.508. The zero-order valence-corrected chi connectivity index (χ0v) is 12.5. The second-order valence-electron chi connectivity index (χ2n) is 4.43. The standard InChI is InChI=1S/C11H14N4O3S2/c1-9-12-13-11(18-9)14-4-6-15(7-5-14)20(16,17)10-3-2-8-19-10/h2-3,8H,4-7H2,1H3. The SMILES string of the molecule is Cc1nnc(N2CCN(S(=O)(=O)c3cccs3)CC2)o1. The molecule has 0 N–H and O–H groups in total. The van der Waals surface area contributed by atoms with Gasteiger partial charge in [0.2, 0.25) is 5.89 Å². The highest BCUT2D eigenvalue weighted by Gasteiger charge is 2.30. The molecule has 1 fully saturated rings. The number of hydrogen-bond acceptors (Lipinski definition) is 7. The normalized spacial score (nSPS) is 17.6. The fourth-order valence-electron chi connectivity index (χ4n) is 2.07. The number of aryl methyl sites for hydroxylation is 1. The molecule has 3 rings (SSSR count). The van der Waals surface area contributed by atoms with Gasteiger partial charge in [0.25, 0.3) is 10.0 Å². The Balaban J connectivity index is 1.70. The average molecular weight is 314 g/mol. The maximum atomic E-state index is 12.4. The van der Waals surface area contributed by atoms with Gasteiger partial charge >= 0.3 is 6.01 Å². The summed E-state index contributed by atoms with van der Waals surface area (Å²) in [6.45, 7) is 3.66. The van der Waals surface area contributed by atoms with Crippen LogP contribution in [0.15, 0.2) is 26.1 Å². The van der Waals surface area contributed by atoms with Gasteiger partial charge < -0.3 is 9.32 Å². The predicted molar refractivity (Wildman–Crippen MR) is 74.3 cm³/mol. The van der Waals surface area contributed by atoms with Crippen molar-refractivity contribution in [1.82, 2.24) is 14.5 Å². The molecule has 108 valence electrons. The zero-order valence-electron chi connectivity index (χ0n) is 10.9. The lowest BCUT2D eigenvalue weighted by Gasteiger charge is -2.32. The van der Waals surface area contributed by atoms with Gasteiger partial charge in [-0.3, -0.25) is 0 Å². The third-order valence-corrected chi connectivity index (χ3v) is 6.39. The van der Waals surface area contributed by atoms with Crippen LogP contribution in [0.2, 0.25) is 0 Å². The van der Waals surface area contributed by atoms with E-state index < -0.39 is 10.0 Å². The predicted octanol–water partition coefficient (Wildman–Crippen LogP) is 0.950. The molecule has 3 heterocycles. The molecule has 0 atom stereocenters. The molecule has 7 nitrogen and oxygen atoms in total. The number of thiophene rings is 1. The summed E-state index contributed by atoms with van der Waals surface area (Å²) in [5.41, 5.74) is 0. The lowest BCUT2D eigenvalue weighted by atomic mass is 10.4. The molecule has 20 heavy (non-hydrogen) atoms. The van der Waals surface area contributed by atoms with Crippen molar-refractivity contribution in [2.24, 2.45) is 0 Å². The van der Waals surface area contributed by atoms with E-state index >= 15 is 0 Å². The summed E-state index contributed by atoms with van der Waals surface area (Å²) >= 11 is 1.24. The molecule has 1 aliphatic heterocycles. The lowest BCUT2D eigenvalue weighted by Crippen LogP contribution is -2.48. The Bertz CT molecular complexity index is 672. The Labute approximate surface area is 120 Å². The van der Waals surface area contributed by atoms with E-state index in [9.17, 15) is 8.42 Å². The summed E-state index contributed by atoms with van der Waals surface area (Å²) in [7, 11) is -3.36. The second kappa shape index (κ2) is 5.15. The van der Waals surface area contributed by atoms with Crippen LogP contribution < -0.4 is 4.90 Å². The summed E-state index contributed by atoms with van der Waals surface area (Å²) in [5, 5.41) is 9.50. The largest absolute Gasteiger partial charge is 0.408 e. The number of sulfonamides is 1. The molecule has 0 aliphatic carbocycles. The molecular formula is C11H14N4O3S2. The second-order valence-corrected chi connectivity index (χ2v) is 7.54. The monoisotopic (exact) mass is 314 g/mol. The zero-order chi connectivity index (χ0) is 14.2. The first kappa shape index (κ1) is 13.5. The van der Waals surface area contributed by atoms with Gasteiger partial charge in [-0.05, 0) is 11.4 Å². The maximum Gasteiger partial charge on any atom is 0.318 e. The quantitative estimate of drug-likeness (QED) is 0.839. The fraction of sp³-hybridized carbons (Fsp3) is 0.455. The van der Waals surface area contributed by atoms with Crippen molar-refractivity contribution in [3.8, 4) is 0 Å². The molecule has 0 unspecified atom stereocenters. The molecule has 0 amide bonds. The van der Waals surface area contributed by atoms with Crippen LogP contribution >= 0.6 is 11.3 Å². The summed E-state index contributed by atoms with van der Waals surface area (Å²) in [6.07, 6.45) is 0. The van der Waals surface area contributed by atoms with Crippen molar-refractivity contribution in [1.29, 1.82) is 0 Å². The average Bonchev–Trinajstić information content (AvgIpc) is 3.10. The lowest BCUT2D eigenvalue weighted by molar-refractivity contribution is 0.371. The topological polar surface area (TPSA) is 79.5 Å². The van der Waals surface area contributed by atoms with Crippen LogP contribution in [-0.2, 0) is 10.0 Å². The van der Waals surface area contributed by atoms with Crippen molar-refractivity contribution < 1.29 is 12.8 Å². The molecule has 0 radical (unpaired) electrons. The number of rotatable bonds is 3. The van der Waals surface area contributed by atoms with Gasteiger partial charge in [0.05, 0.1) is 0 Å². The molecule has 2 aromatic heterocycles. The van der Waals surface area contributed by atoms with Gasteiger partial charge in [-0.1, -0.05) is 11.2 Å². The first-order chi connectivity index (χ1) is 9.57. The third-order valence-electron chi connectivity index (χ3n) is 3.11. The first-order valence-corrected chi connectivity index (χ1v) is 8.48. The van der Waals surface area contributed by atoms with E-state index in [1.807, 2.05) is 4.90 Å². The van der Waals surface area contributed by atoms with Crippen LogP contribution in [-0.4, -0.2) is 49.1 Å². The molecule has 1 saturated heterocycles. The van der Waals surface area contributed by atoms with Gasteiger partial charge in [0.15, 0.2) is 0 Å². The van der Waals surface area contributed by atoms with Gasteiger partial charge in [0, 0.05) is 33.1 Å². The molecular weight excluding hydrogens is 300 g/mol. The molecule has 2 aromatic rings. The van der Waals surface area contributed by atoms with Crippen molar-refractivity contribution in [3.05, 3.63) is 23.4 Å². The summed E-state index contributed by atoms with van der Waals surface area (Å²) < 4.78 is 32.0. The first-order valence-electron chi connectivity index (χ1n) is 6.16. The Morgan fingerprint density at radius 2 is 2.00 bits per heavy atom. The van der Waals surface area contributed by atoms with Crippen LogP contribution in [0.25, 0.3) is 0 Å². The van der Waals surface area contributed by atoms with Crippen molar-refractivity contribution in [2.75, 3.05) is 31.1 Å². The number of piperazine rings is 1. The van der Waals surface area contributed by atoms with E-state index in [1.54, 1.807) is 24.4 Å². The molecule has 0 aromatic carbocycles. The Morgan fingerprint density at radius 3 is 2.55 bits per heavy atom. The summed E-state index contributed by atoms with van der Waals surface area (Å²) in [6, 6.07) is 3.83. The van der Waals surface area contributed by atoms with Crippen LogP contribution in [0.1, 0.15) is 5.89 Å². The van der Waals surface area contributed by atoms with E-state index in [0.717, 1.165) is 0 Å². The Hall–Kier alpha value is -1.45. The molecule has 0 spiro atoms. The van der Waals surface area contributed by atoms with Gasteiger partial charge in [-0.2, -0.15) is 4.31 Å². The third kappa shape index (κ3) is 2.43. The van der Waals surface area contributed by atoms with E-state index in [1.165, 1.54) is 15.6 Å². The van der Waals surface area contributed by atoms with Crippen molar-refractivity contribution >= 4 is 27.4 Å². The van der Waals surface area contributed by atoms with E-state index in [0.29, 0.717) is 42.3 Å². The van der Waals surface area contributed by atoms with Gasteiger partial charge in [-0.25, -0.2) is 8.42 Å². The Kier molecular flexibility index (Phi) is 3.48. The molecule has 0 bridgehead atoms. The fourth-order valence-corrected chi connectivity index (χ4v) is 4.64. The minimum absolute atomic E-state index is 0.389. The van der Waals surface area contributed by atoms with Crippen LogP contribution in [0.3, 0.4) is 0 Å². The minimum Gasteiger partial charge on any atom is -0.408 e. The highest BCUT2D eigenvalue weighted by Crippen LogP contribution is 2.23. The number of anilines is 1. The maximum absolute atomic E-state index is 12.4. The minimum atomic E-state index is -3.36. The van der Waals surface area contributed by atoms with Gasteiger partial charge in [-0.15, -0.1) is 16.4 Å². The number of aromatic nitrogens is 2. The van der Waals surface area contributed by atoms with Crippen molar-refractivity contribution in [2.45, 2.75) is 11.1 Å².